The van der Waals surface area contributed by atoms with Crippen LogP contribution >= 0.6 is 28.1 Å². The van der Waals surface area contributed by atoms with E-state index in [-0.39, 0.29) is 11.0 Å². The fourth-order valence-corrected chi connectivity index (χ4v) is 3.75. The summed E-state index contributed by atoms with van der Waals surface area (Å²) in [6.45, 7) is 0. The Morgan fingerprint density at radius 1 is 1.03 bits per heavy atom. The Labute approximate surface area is 197 Å². The quantitative estimate of drug-likeness (QED) is 0.347. The molecule has 3 aromatic carbocycles. The average Bonchev–Trinajstić information content (AvgIpc) is 3.22. The summed E-state index contributed by atoms with van der Waals surface area (Å²) in [4.78, 5) is 16.9. The molecule has 0 unspecified atom stereocenters. The van der Waals surface area contributed by atoms with Gasteiger partial charge in [0.05, 0.1) is 18.7 Å². The first-order valence-corrected chi connectivity index (χ1v) is 10.7. The molecule has 2 N–H and O–H groups in total. The molecule has 0 radical (unpaired) electrons. The van der Waals surface area contributed by atoms with Crippen molar-refractivity contribution in [2.45, 2.75) is 0 Å². The normalized spacial score (nSPS) is 10.6. The zero-order chi connectivity index (χ0) is 22.7. The van der Waals surface area contributed by atoms with Gasteiger partial charge in [-0.2, -0.15) is 0 Å². The third-order valence-corrected chi connectivity index (χ3v) is 5.45. The molecule has 0 bridgehead atoms. The third-order valence-electron chi connectivity index (χ3n) is 4.63. The SMILES string of the molecule is COc1ccc2oc(-c3ccc(NC(=S)NC(=O)c4ccc(OC)c(Br)c4)cc3)nc2c1. The number of nitrogens with one attached hydrogen (secondary N) is 2. The summed E-state index contributed by atoms with van der Waals surface area (Å²) in [5.74, 6) is 1.53. The van der Waals surface area contributed by atoms with Crippen molar-refractivity contribution in [3.63, 3.8) is 0 Å². The lowest BCUT2D eigenvalue weighted by Gasteiger charge is -2.11. The van der Waals surface area contributed by atoms with Gasteiger partial charge in [-0.05, 0) is 82.7 Å². The van der Waals surface area contributed by atoms with Crippen molar-refractivity contribution < 1.29 is 18.7 Å². The Balaban J connectivity index is 1.41. The highest BCUT2D eigenvalue weighted by atomic mass is 79.9. The van der Waals surface area contributed by atoms with Crippen LogP contribution in [0.5, 0.6) is 11.5 Å². The number of benzene rings is 3. The predicted molar refractivity (Wildman–Crippen MR) is 130 cm³/mol. The molecule has 1 aromatic heterocycles. The monoisotopic (exact) mass is 511 g/mol. The van der Waals surface area contributed by atoms with Crippen molar-refractivity contribution in [2.24, 2.45) is 0 Å². The van der Waals surface area contributed by atoms with Gasteiger partial charge in [-0.3, -0.25) is 10.1 Å². The zero-order valence-electron chi connectivity index (χ0n) is 17.1. The van der Waals surface area contributed by atoms with Crippen molar-refractivity contribution in [1.82, 2.24) is 10.3 Å². The molecule has 0 aliphatic carbocycles. The van der Waals surface area contributed by atoms with Crippen molar-refractivity contribution in [2.75, 3.05) is 19.5 Å². The molecular formula is C23H18BrN3O4S. The Kier molecular flexibility index (Phi) is 6.38. The number of methoxy groups -OCH3 is 2. The largest absolute Gasteiger partial charge is 0.497 e. The van der Waals surface area contributed by atoms with Gasteiger partial charge in [0, 0.05) is 22.9 Å². The first-order valence-electron chi connectivity index (χ1n) is 9.47. The van der Waals surface area contributed by atoms with E-state index in [9.17, 15) is 4.79 Å². The van der Waals surface area contributed by atoms with Crippen LogP contribution in [0, 0.1) is 0 Å². The van der Waals surface area contributed by atoms with Crippen molar-refractivity contribution in [3.05, 3.63) is 70.7 Å². The average molecular weight is 512 g/mol. The van der Waals surface area contributed by atoms with E-state index in [1.54, 1.807) is 32.4 Å². The van der Waals surface area contributed by atoms with Gasteiger partial charge in [0.1, 0.15) is 17.0 Å². The maximum absolute atomic E-state index is 12.4. The lowest BCUT2D eigenvalue weighted by molar-refractivity contribution is 0.0977. The third kappa shape index (κ3) is 4.74. The minimum absolute atomic E-state index is 0.184. The summed E-state index contributed by atoms with van der Waals surface area (Å²) in [6.07, 6.45) is 0. The van der Waals surface area contributed by atoms with Gasteiger partial charge in [-0.1, -0.05) is 0 Å². The molecule has 1 heterocycles. The molecular weight excluding hydrogens is 494 g/mol. The Hall–Kier alpha value is -3.43. The number of oxazole rings is 1. The van der Waals surface area contributed by atoms with Gasteiger partial charge < -0.3 is 19.2 Å². The lowest BCUT2D eigenvalue weighted by atomic mass is 10.2. The van der Waals surface area contributed by atoms with E-state index in [2.05, 4.69) is 31.5 Å². The van der Waals surface area contributed by atoms with Crippen LogP contribution in [0.2, 0.25) is 0 Å². The zero-order valence-corrected chi connectivity index (χ0v) is 19.5. The molecule has 0 fully saturated rings. The summed E-state index contributed by atoms with van der Waals surface area (Å²) in [5, 5.41) is 5.84. The maximum atomic E-state index is 12.4. The number of hydrogen-bond donors (Lipinski definition) is 2. The Morgan fingerprint density at radius 2 is 1.81 bits per heavy atom. The van der Waals surface area contributed by atoms with Gasteiger partial charge in [-0.25, -0.2) is 4.98 Å². The molecule has 4 aromatic rings. The number of amides is 1. The number of ether oxygens (including phenoxy) is 2. The van der Waals surface area contributed by atoms with Crippen molar-refractivity contribution >= 4 is 56.0 Å². The van der Waals surface area contributed by atoms with Crippen LogP contribution in [0.25, 0.3) is 22.6 Å². The van der Waals surface area contributed by atoms with E-state index in [1.165, 1.54) is 0 Å². The molecule has 0 atom stereocenters. The lowest BCUT2D eigenvalue weighted by Crippen LogP contribution is -2.34. The van der Waals surface area contributed by atoms with Gasteiger partial charge in [-0.15, -0.1) is 0 Å². The number of rotatable bonds is 5. The van der Waals surface area contributed by atoms with Crippen LogP contribution < -0.4 is 20.1 Å². The summed E-state index contributed by atoms with van der Waals surface area (Å²) in [5.41, 5.74) is 3.37. The summed E-state index contributed by atoms with van der Waals surface area (Å²) in [7, 11) is 3.17. The fraction of sp³-hybridized carbons (Fsp3) is 0.0870. The number of halogens is 1. The first-order chi connectivity index (χ1) is 15.5. The molecule has 0 spiro atoms. The first kappa shape index (κ1) is 21.8. The fourth-order valence-electron chi connectivity index (χ4n) is 3.00. The van der Waals surface area contributed by atoms with Crippen LogP contribution in [0.4, 0.5) is 5.69 Å². The molecule has 9 heteroatoms. The second kappa shape index (κ2) is 9.37. The summed E-state index contributed by atoms with van der Waals surface area (Å²) >= 11 is 8.63. The molecule has 0 saturated carbocycles. The van der Waals surface area contributed by atoms with Gasteiger partial charge in [0.2, 0.25) is 5.89 Å². The van der Waals surface area contributed by atoms with E-state index in [0.717, 1.165) is 16.8 Å². The molecule has 162 valence electrons. The number of hydrogen-bond acceptors (Lipinski definition) is 6. The topological polar surface area (TPSA) is 85.6 Å². The smallest absolute Gasteiger partial charge is 0.257 e. The van der Waals surface area contributed by atoms with E-state index < -0.39 is 0 Å². The van der Waals surface area contributed by atoms with Crippen LogP contribution in [0.1, 0.15) is 10.4 Å². The van der Waals surface area contributed by atoms with Crippen LogP contribution in [-0.4, -0.2) is 30.2 Å². The molecule has 4 rings (SSSR count). The number of aromatic nitrogens is 1. The summed E-state index contributed by atoms with van der Waals surface area (Å²) < 4.78 is 16.9. The number of anilines is 1. The highest BCUT2D eigenvalue weighted by molar-refractivity contribution is 9.10. The van der Waals surface area contributed by atoms with Crippen molar-refractivity contribution in [1.29, 1.82) is 0 Å². The Bertz CT molecular complexity index is 1300. The highest BCUT2D eigenvalue weighted by Gasteiger charge is 2.12. The van der Waals surface area contributed by atoms with E-state index >= 15 is 0 Å². The van der Waals surface area contributed by atoms with Crippen LogP contribution in [-0.2, 0) is 0 Å². The van der Waals surface area contributed by atoms with Crippen LogP contribution in [0.15, 0.2) is 69.6 Å². The van der Waals surface area contributed by atoms with E-state index in [0.29, 0.717) is 32.9 Å². The molecule has 0 aliphatic heterocycles. The van der Waals surface area contributed by atoms with Gasteiger partial charge in [0.15, 0.2) is 10.7 Å². The molecule has 7 nitrogen and oxygen atoms in total. The number of thiocarbonyl (C=S) groups is 1. The number of fused-ring (bicyclic) bond motifs is 1. The van der Waals surface area contributed by atoms with Gasteiger partial charge >= 0.3 is 0 Å². The predicted octanol–water partition coefficient (Wildman–Crippen LogP) is 5.40. The highest BCUT2D eigenvalue weighted by Crippen LogP contribution is 2.28. The molecule has 1 amide bonds. The second-order valence-electron chi connectivity index (χ2n) is 6.69. The minimum atomic E-state index is -0.329. The van der Waals surface area contributed by atoms with Gasteiger partial charge in [0.25, 0.3) is 5.91 Å². The van der Waals surface area contributed by atoms with E-state index in [1.807, 2.05) is 42.5 Å². The van der Waals surface area contributed by atoms with E-state index in [4.69, 9.17) is 26.1 Å². The van der Waals surface area contributed by atoms with Crippen molar-refractivity contribution in [3.8, 4) is 23.0 Å². The number of carbonyl (C=O) groups is 1. The standard InChI is InChI=1S/C23H18BrN3O4S/c1-29-16-8-10-20-18(12-16)26-22(31-20)13-3-6-15(7-4-13)25-23(32)27-21(28)14-5-9-19(30-2)17(24)11-14/h3-12H,1-2H3,(H2,25,27,28,32). The molecule has 0 aliphatic rings. The molecule has 0 saturated heterocycles. The minimum Gasteiger partial charge on any atom is -0.497 e. The Morgan fingerprint density at radius 3 is 2.50 bits per heavy atom. The maximum Gasteiger partial charge on any atom is 0.257 e. The van der Waals surface area contributed by atoms with Crippen LogP contribution in [0.3, 0.4) is 0 Å². The number of carbonyl (C=O) groups excluding carboxylic acids is 1. The molecule has 32 heavy (non-hydrogen) atoms. The number of nitrogens with zero attached hydrogens (tertiary/aromatic N) is 1. The summed E-state index contributed by atoms with van der Waals surface area (Å²) in [6, 6.07) is 17.9. The second-order valence-corrected chi connectivity index (χ2v) is 7.95.